The second kappa shape index (κ2) is 9.17. The third kappa shape index (κ3) is 4.40. The molecule has 0 atom stereocenters. The Balaban J connectivity index is 1.42. The van der Waals surface area contributed by atoms with E-state index < -0.39 is 0 Å². The molecule has 4 heterocycles. The molecule has 0 unspecified atom stereocenters. The molecule has 0 aromatic carbocycles. The van der Waals surface area contributed by atoms with Crippen LogP contribution in [0.3, 0.4) is 0 Å². The number of rotatable bonds is 4. The molecule has 2 aliphatic heterocycles. The monoisotopic (exact) mass is 450 g/mol. The lowest BCUT2D eigenvalue weighted by Gasteiger charge is -2.36. The summed E-state index contributed by atoms with van der Waals surface area (Å²) in [6.07, 6.45) is 2.89. The van der Waals surface area contributed by atoms with Crippen molar-refractivity contribution in [3.05, 3.63) is 46.8 Å². The average molecular weight is 451 g/mol. The summed E-state index contributed by atoms with van der Waals surface area (Å²) in [5.41, 5.74) is 3.48. The molecule has 0 saturated carbocycles. The Bertz CT molecular complexity index is 1090. The number of aryl methyl sites for hydroxylation is 3. The van der Waals surface area contributed by atoms with Crippen LogP contribution in [0.4, 0.5) is 16.4 Å². The lowest BCUT2D eigenvalue weighted by Crippen LogP contribution is -2.49. The molecule has 0 N–H and O–H groups in total. The van der Waals surface area contributed by atoms with Crippen LogP contribution in [0.25, 0.3) is 0 Å². The van der Waals surface area contributed by atoms with Crippen molar-refractivity contribution in [2.45, 2.75) is 34.1 Å². The van der Waals surface area contributed by atoms with Crippen LogP contribution in [0.5, 0.6) is 0 Å². The number of nitrogens with zero attached hydrogens (tertiary/aromatic N) is 6. The molecule has 4 amide bonds. The van der Waals surface area contributed by atoms with Crippen LogP contribution >= 0.6 is 0 Å². The number of imide groups is 1. The molecule has 2 aromatic heterocycles. The van der Waals surface area contributed by atoms with E-state index in [1.165, 1.54) is 22.3 Å². The largest absolute Gasteiger partial charge is 0.353 e. The van der Waals surface area contributed by atoms with Crippen molar-refractivity contribution in [2.75, 3.05) is 49.1 Å². The van der Waals surface area contributed by atoms with Gasteiger partial charge >= 0.3 is 6.03 Å². The molecule has 2 saturated heterocycles. The minimum Gasteiger partial charge on any atom is -0.353 e. The smallest absolute Gasteiger partial charge is 0.332 e. The predicted octanol–water partition coefficient (Wildman–Crippen LogP) is 2.41. The number of hydrogen-bond acceptors (Lipinski definition) is 6. The third-order valence-electron chi connectivity index (χ3n) is 6.35. The normalized spacial score (nSPS) is 16.5. The van der Waals surface area contributed by atoms with Crippen molar-refractivity contribution in [1.82, 2.24) is 19.8 Å². The number of urea groups is 1. The van der Waals surface area contributed by atoms with E-state index in [1.54, 1.807) is 19.1 Å². The standard InChI is InChI=1S/C24H30N6O3/c1-5-19-14-16(2)22(25-15-19)27-8-10-28(11-9-27)23(32)20-6-7-21(26-17(20)3)30-13-12-29(18(4)31)24(30)33/h6-7,14-15H,5,8-13H2,1-4H3. The Morgan fingerprint density at radius 2 is 1.76 bits per heavy atom. The first-order chi connectivity index (χ1) is 15.8. The van der Waals surface area contributed by atoms with Gasteiger partial charge in [-0.25, -0.2) is 14.8 Å². The van der Waals surface area contributed by atoms with E-state index in [0.29, 0.717) is 43.3 Å². The number of anilines is 2. The number of amides is 4. The third-order valence-corrected chi connectivity index (χ3v) is 6.35. The molecule has 174 valence electrons. The summed E-state index contributed by atoms with van der Waals surface area (Å²) < 4.78 is 0. The fourth-order valence-electron chi connectivity index (χ4n) is 4.41. The van der Waals surface area contributed by atoms with E-state index in [0.717, 1.165) is 30.9 Å². The van der Waals surface area contributed by atoms with Gasteiger partial charge in [-0.3, -0.25) is 19.4 Å². The van der Waals surface area contributed by atoms with Gasteiger partial charge in [-0.05, 0) is 43.5 Å². The van der Waals surface area contributed by atoms with E-state index in [-0.39, 0.29) is 17.8 Å². The van der Waals surface area contributed by atoms with Gasteiger partial charge in [0.15, 0.2) is 0 Å². The second-order valence-electron chi connectivity index (χ2n) is 8.52. The van der Waals surface area contributed by atoms with Crippen molar-refractivity contribution < 1.29 is 14.4 Å². The Morgan fingerprint density at radius 3 is 2.33 bits per heavy atom. The molecule has 9 heteroatoms. The van der Waals surface area contributed by atoms with E-state index >= 15 is 0 Å². The Kier molecular flexibility index (Phi) is 6.31. The minimum atomic E-state index is -0.375. The SMILES string of the molecule is CCc1cnc(N2CCN(C(=O)c3ccc(N4CCN(C(C)=O)C4=O)nc3C)CC2)c(C)c1. The highest BCUT2D eigenvalue weighted by Crippen LogP contribution is 2.23. The number of aromatic nitrogens is 2. The van der Waals surface area contributed by atoms with Gasteiger partial charge in [0.1, 0.15) is 11.6 Å². The summed E-state index contributed by atoms with van der Waals surface area (Å²) in [6.45, 7) is 10.7. The van der Waals surface area contributed by atoms with Crippen molar-refractivity contribution in [3.8, 4) is 0 Å². The Hall–Kier alpha value is -3.49. The van der Waals surface area contributed by atoms with Crippen molar-refractivity contribution >= 4 is 29.5 Å². The van der Waals surface area contributed by atoms with Crippen molar-refractivity contribution in [2.24, 2.45) is 0 Å². The average Bonchev–Trinajstić information content (AvgIpc) is 3.20. The molecular weight excluding hydrogens is 420 g/mol. The zero-order valence-electron chi connectivity index (χ0n) is 19.7. The maximum atomic E-state index is 13.2. The maximum Gasteiger partial charge on any atom is 0.332 e. The second-order valence-corrected chi connectivity index (χ2v) is 8.52. The molecule has 2 aromatic rings. The van der Waals surface area contributed by atoms with Crippen LogP contribution < -0.4 is 9.80 Å². The van der Waals surface area contributed by atoms with Gasteiger partial charge in [-0.2, -0.15) is 0 Å². The molecule has 0 bridgehead atoms. The highest BCUT2D eigenvalue weighted by molar-refractivity contribution is 6.04. The fraction of sp³-hybridized carbons (Fsp3) is 0.458. The Labute approximate surface area is 194 Å². The number of pyridine rings is 2. The van der Waals surface area contributed by atoms with Gasteiger partial charge in [0.25, 0.3) is 5.91 Å². The van der Waals surface area contributed by atoms with Crippen LogP contribution in [0, 0.1) is 13.8 Å². The molecule has 2 fully saturated rings. The van der Waals surface area contributed by atoms with Gasteiger partial charge in [-0.15, -0.1) is 0 Å². The predicted molar refractivity (Wildman–Crippen MR) is 126 cm³/mol. The van der Waals surface area contributed by atoms with Crippen LogP contribution in [0.1, 0.15) is 41.0 Å². The number of hydrogen-bond donors (Lipinski definition) is 0. The quantitative estimate of drug-likeness (QED) is 0.711. The number of piperazine rings is 1. The maximum absolute atomic E-state index is 13.2. The van der Waals surface area contributed by atoms with Crippen LogP contribution in [0.15, 0.2) is 24.4 Å². The zero-order chi connectivity index (χ0) is 23.7. The van der Waals surface area contributed by atoms with Crippen molar-refractivity contribution in [1.29, 1.82) is 0 Å². The summed E-state index contributed by atoms with van der Waals surface area (Å²) in [6, 6.07) is 5.21. The fourth-order valence-corrected chi connectivity index (χ4v) is 4.41. The number of carbonyl (C=O) groups is 3. The van der Waals surface area contributed by atoms with Gasteiger partial charge in [0.05, 0.1) is 11.3 Å². The molecule has 2 aliphatic rings. The zero-order valence-corrected chi connectivity index (χ0v) is 19.7. The van der Waals surface area contributed by atoms with Crippen LogP contribution in [-0.4, -0.2) is 76.9 Å². The Morgan fingerprint density at radius 1 is 1.03 bits per heavy atom. The van der Waals surface area contributed by atoms with Gasteiger partial charge in [-0.1, -0.05) is 13.0 Å². The molecule has 33 heavy (non-hydrogen) atoms. The van der Waals surface area contributed by atoms with Gasteiger partial charge < -0.3 is 9.80 Å². The molecule has 0 radical (unpaired) electrons. The summed E-state index contributed by atoms with van der Waals surface area (Å²) in [5, 5.41) is 0. The lowest BCUT2D eigenvalue weighted by molar-refractivity contribution is -0.125. The molecule has 4 rings (SSSR count). The topological polar surface area (TPSA) is 90.0 Å². The van der Waals surface area contributed by atoms with Gasteiger partial charge in [0, 0.05) is 52.4 Å². The molecular formula is C24H30N6O3. The molecule has 0 spiro atoms. The van der Waals surface area contributed by atoms with E-state index in [2.05, 4.69) is 34.8 Å². The first-order valence-electron chi connectivity index (χ1n) is 11.4. The summed E-state index contributed by atoms with van der Waals surface area (Å²) in [5.74, 6) is 1.10. The molecule has 9 nitrogen and oxygen atoms in total. The summed E-state index contributed by atoms with van der Waals surface area (Å²) in [4.78, 5) is 53.1. The summed E-state index contributed by atoms with van der Waals surface area (Å²) in [7, 11) is 0. The first-order valence-corrected chi connectivity index (χ1v) is 11.4. The van der Waals surface area contributed by atoms with Crippen LogP contribution in [-0.2, 0) is 11.2 Å². The lowest BCUT2D eigenvalue weighted by atomic mass is 10.1. The van der Waals surface area contributed by atoms with E-state index in [1.807, 2.05) is 11.1 Å². The highest BCUT2D eigenvalue weighted by Gasteiger charge is 2.33. The van der Waals surface area contributed by atoms with E-state index in [9.17, 15) is 14.4 Å². The minimum absolute atomic E-state index is 0.0599. The van der Waals surface area contributed by atoms with E-state index in [4.69, 9.17) is 0 Å². The van der Waals surface area contributed by atoms with Crippen molar-refractivity contribution in [3.63, 3.8) is 0 Å². The highest BCUT2D eigenvalue weighted by atomic mass is 16.2. The van der Waals surface area contributed by atoms with Crippen LogP contribution in [0.2, 0.25) is 0 Å². The van der Waals surface area contributed by atoms with Gasteiger partial charge in [0.2, 0.25) is 5.91 Å². The first kappa shape index (κ1) is 22.7. The summed E-state index contributed by atoms with van der Waals surface area (Å²) >= 11 is 0. The molecule has 0 aliphatic carbocycles. The number of carbonyl (C=O) groups excluding carboxylic acids is 3.